The minimum atomic E-state index is -0.332. The Morgan fingerprint density at radius 1 is 1.08 bits per heavy atom. The van der Waals surface area contributed by atoms with Gasteiger partial charge in [0.1, 0.15) is 5.82 Å². The van der Waals surface area contributed by atoms with Crippen molar-refractivity contribution in [2.75, 3.05) is 49.8 Å². The fraction of sp³-hybridized carbons (Fsp3) is 0.185. The highest BCUT2D eigenvalue weighted by molar-refractivity contribution is 6.01. The molecule has 8 nitrogen and oxygen atoms in total. The van der Waals surface area contributed by atoms with Crippen LogP contribution in [-0.4, -0.2) is 60.0 Å². The molecule has 2 N–H and O–H groups in total. The van der Waals surface area contributed by atoms with Gasteiger partial charge < -0.3 is 20.4 Å². The predicted molar refractivity (Wildman–Crippen MR) is 143 cm³/mol. The van der Waals surface area contributed by atoms with Crippen molar-refractivity contribution in [3.05, 3.63) is 79.5 Å². The van der Waals surface area contributed by atoms with Gasteiger partial charge in [-0.25, -0.2) is 14.4 Å². The number of carbonyl (C=O) groups is 1. The van der Waals surface area contributed by atoms with Gasteiger partial charge in [-0.2, -0.15) is 0 Å². The van der Waals surface area contributed by atoms with E-state index in [1.165, 1.54) is 18.2 Å². The van der Waals surface area contributed by atoms with Gasteiger partial charge in [0.15, 0.2) is 0 Å². The van der Waals surface area contributed by atoms with E-state index in [-0.39, 0.29) is 11.7 Å². The third-order valence-corrected chi connectivity index (χ3v) is 5.61. The highest BCUT2D eigenvalue weighted by Gasteiger charge is 2.13. The van der Waals surface area contributed by atoms with Crippen LogP contribution in [0.2, 0.25) is 0 Å². The molecule has 4 rings (SSSR count). The molecule has 0 saturated carbocycles. The summed E-state index contributed by atoms with van der Waals surface area (Å²) in [5.74, 6) is -0.272. The van der Waals surface area contributed by atoms with E-state index in [1.54, 1.807) is 24.7 Å². The van der Waals surface area contributed by atoms with Gasteiger partial charge in [0.2, 0.25) is 11.9 Å². The molecule has 2 heterocycles. The monoisotopic (exact) mass is 485 g/mol. The molecule has 184 valence electrons. The van der Waals surface area contributed by atoms with Crippen LogP contribution in [0.5, 0.6) is 0 Å². The molecule has 0 aliphatic heterocycles. The van der Waals surface area contributed by atoms with E-state index >= 15 is 0 Å². The number of anilines is 4. The lowest BCUT2D eigenvalue weighted by molar-refractivity contribution is -0.111. The molecule has 0 fully saturated rings. The number of nitrogens with one attached hydrogen (secondary N) is 2. The Hall–Kier alpha value is -4.37. The van der Waals surface area contributed by atoms with Crippen molar-refractivity contribution < 1.29 is 9.18 Å². The number of pyridine rings is 1. The lowest BCUT2D eigenvalue weighted by Gasteiger charge is -2.24. The van der Waals surface area contributed by atoms with E-state index in [0.29, 0.717) is 34.0 Å². The number of aromatic nitrogens is 3. The van der Waals surface area contributed by atoms with E-state index < -0.39 is 0 Å². The first-order valence-electron chi connectivity index (χ1n) is 11.4. The number of halogens is 1. The van der Waals surface area contributed by atoms with Gasteiger partial charge in [-0.1, -0.05) is 18.7 Å². The van der Waals surface area contributed by atoms with E-state index in [2.05, 4.69) is 42.0 Å². The molecule has 0 aliphatic rings. The summed E-state index contributed by atoms with van der Waals surface area (Å²) in [4.78, 5) is 29.6. The molecule has 0 saturated heterocycles. The molecule has 2 aromatic heterocycles. The molecule has 36 heavy (non-hydrogen) atoms. The SMILES string of the molecule is C=CC(=O)Nc1cc(Nc2ncc3cncc(-c4cccc(F)c4)c3n2)ccc1N(C)CCN(C)C. The highest BCUT2D eigenvalue weighted by Crippen LogP contribution is 2.31. The van der Waals surface area contributed by atoms with Gasteiger partial charge in [-0.3, -0.25) is 9.78 Å². The average molecular weight is 486 g/mol. The van der Waals surface area contributed by atoms with Crippen molar-refractivity contribution in [2.24, 2.45) is 0 Å². The molecule has 0 radical (unpaired) electrons. The number of nitrogens with zero attached hydrogens (tertiary/aromatic N) is 5. The first-order valence-corrected chi connectivity index (χ1v) is 11.4. The van der Waals surface area contributed by atoms with Crippen LogP contribution < -0.4 is 15.5 Å². The normalized spacial score (nSPS) is 10.9. The first-order chi connectivity index (χ1) is 17.3. The Bertz CT molecular complexity index is 1410. The van der Waals surface area contributed by atoms with Crippen LogP contribution in [0.1, 0.15) is 0 Å². The maximum atomic E-state index is 13.8. The highest BCUT2D eigenvalue weighted by atomic mass is 19.1. The fourth-order valence-electron chi connectivity index (χ4n) is 3.71. The molecule has 4 aromatic rings. The van der Waals surface area contributed by atoms with Gasteiger partial charge >= 0.3 is 0 Å². The maximum Gasteiger partial charge on any atom is 0.247 e. The summed E-state index contributed by atoms with van der Waals surface area (Å²) in [5.41, 5.74) is 4.23. The van der Waals surface area contributed by atoms with Crippen LogP contribution in [-0.2, 0) is 4.79 Å². The van der Waals surface area contributed by atoms with Crippen LogP contribution in [0.25, 0.3) is 22.0 Å². The predicted octanol–water partition coefficient (Wildman–Crippen LogP) is 4.70. The summed E-state index contributed by atoms with van der Waals surface area (Å²) < 4.78 is 13.8. The van der Waals surface area contributed by atoms with Crippen LogP contribution >= 0.6 is 0 Å². The number of amides is 1. The largest absolute Gasteiger partial charge is 0.372 e. The van der Waals surface area contributed by atoms with Crippen LogP contribution in [0.3, 0.4) is 0 Å². The van der Waals surface area contributed by atoms with Crippen molar-refractivity contribution in [2.45, 2.75) is 0 Å². The number of carbonyl (C=O) groups excluding carboxylic acids is 1. The molecule has 2 aromatic carbocycles. The lowest BCUT2D eigenvalue weighted by Crippen LogP contribution is -2.29. The van der Waals surface area contributed by atoms with Crippen LogP contribution in [0, 0.1) is 5.82 Å². The summed E-state index contributed by atoms with van der Waals surface area (Å²) >= 11 is 0. The van der Waals surface area contributed by atoms with Crippen molar-refractivity contribution in [3.63, 3.8) is 0 Å². The molecule has 9 heteroatoms. The van der Waals surface area contributed by atoms with E-state index in [0.717, 1.165) is 24.2 Å². The Labute approximate surface area is 209 Å². The summed E-state index contributed by atoms with van der Waals surface area (Å²) in [6.45, 7) is 5.19. The summed E-state index contributed by atoms with van der Waals surface area (Å²) in [6.07, 6.45) is 6.24. The van der Waals surface area contributed by atoms with Gasteiger partial charge in [0.25, 0.3) is 0 Å². The minimum absolute atomic E-state index is 0.302. The second-order valence-corrected chi connectivity index (χ2v) is 8.60. The lowest BCUT2D eigenvalue weighted by atomic mass is 10.1. The third-order valence-electron chi connectivity index (χ3n) is 5.61. The Morgan fingerprint density at radius 3 is 2.67 bits per heavy atom. The van der Waals surface area contributed by atoms with Gasteiger partial charge in [0, 0.05) is 55.4 Å². The topological polar surface area (TPSA) is 86.3 Å². The number of likely N-dealkylation sites (N-methyl/N-ethyl adjacent to an activating group) is 2. The third kappa shape index (κ3) is 5.81. The first kappa shape index (κ1) is 24.7. The smallest absolute Gasteiger partial charge is 0.247 e. The average Bonchev–Trinajstić information content (AvgIpc) is 2.87. The number of hydrogen-bond donors (Lipinski definition) is 2. The number of fused-ring (bicyclic) bond motifs is 1. The van der Waals surface area contributed by atoms with E-state index in [4.69, 9.17) is 0 Å². The zero-order valence-electron chi connectivity index (χ0n) is 20.5. The second-order valence-electron chi connectivity index (χ2n) is 8.60. The molecule has 0 unspecified atom stereocenters. The Balaban J connectivity index is 1.67. The van der Waals surface area contributed by atoms with Crippen LogP contribution in [0.15, 0.2) is 73.7 Å². The van der Waals surface area contributed by atoms with Gasteiger partial charge in [-0.05, 0) is 56.1 Å². The Kier molecular flexibility index (Phi) is 7.50. The number of rotatable bonds is 9. The van der Waals surface area contributed by atoms with Crippen molar-refractivity contribution in [1.29, 1.82) is 0 Å². The van der Waals surface area contributed by atoms with Crippen LogP contribution in [0.4, 0.5) is 27.4 Å². The van der Waals surface area contributed by atoms with Crippen molar-refractivity contribution in [3.8, 4) is 11.1 Å². The minimum Gasteiger partial charge on any atom is -0.372 e. The second kappa shape index (κ2) is 10.9. The molecule has 1 amide bonds. The van der Waals surface area contributed by atoms with Gasteiger partial charge in [0.05, 0.1) is 16.9 Å². The zero-order valence-corrected chi connectivity index (χ0v) is 20.5. The van der Waals surface area contributed by atoms with E-state index in [1.807, 2.05) is 45.4 Å². The van der Waals surface area contributed by atoms with Gasteiger partial charge in [-0.15, -0.1) is 0 Å². The fourth-order valence-corrected chi connectivity index (χ4v) is 3.71. The molecular formula is C27H28FN7O. The standard InChI is InChI=1S/C27H28FN7O/c1-5-25(36)32-23-14-21(9-10-24(23)35(4)12-11-34(2)3)31-27-30-16-19-15-29-17-22(26(19)33-27)18-7-6-8-20(28)13-18/h5-10,13-17H,1,11-12H2,2-4H3,(H,32,36)(H,30,31,33). The molecule has 0 spiro atoms. The number of benzene rings is 2. The molecule has 0 aliphatic carbocycles. The maximum absolute atomic E-state index is 13.8. The summed E-state index contributed by atoms with van der Waals surface area (Å²) in [6, 6.07) is 12.0. The zero-order chi connectivity index (χ0) is 25.7. The quantitative estimate of drug-likeness (QED) is 0.333. The summed E-state index contributed by atoms with van der Waals surface area (Å²) in [5, 5.41) is 6.83. The summed E-state index contributed by atoms with van der Waals surface area (Å²) in [7, 11) is 6.01. The van der Waals surface area contributed by atoms with Crippen molar-refractivity contribution in [1.82, 2.24) is 19.9 Å². The van der Waals surface area contributed by atoms with Crippen molar-refractivity contribution >= 4 is 39.8 Å². The molecule has 0 bridgehead atoms. The number of hydrogen-bond acceptors (Lipinski definition) is 7. The molecule has 0 atom stereocenters. The Morgan fingerprint density at radius 2 is 1.92 bits per heavy atom. The van der Waals surface area contributed by atoms with E-state index in [9.17, 15) is 9.18 Å². The molecular weight excluding hydrogens is 457 g/mol.